The molecular formula is C20H22ClN5O2S. The van der Waals surface area contributed by atoms with Crippen LogP contribution in [-0.4, -0.2) is 44.2 Å². The van der Waals surface area contributed by atoms with Crippen molar-refractivity contribution < 1.29 is 9.90 Å². The van der Waals surface area contributed by atoms with Gasteiger partial charge in [0.1, 0.15) is 5.69 Å². The van der Waals surface area contributed by atoms with Gasteiger partial charge in [0, 0.05) is 39.9 Å². The van der Waals surface area contributed by atoms with E-state index in [9.17, 15) is 9.90 Å². The monoisotopic (exact) mass is 431 g/mol. The van der Waals surface area contributed by atoms with Crippen LogP contribution in [-0.2, 0) is 0 Å². The van der Waals surface area contributed by atoms with Crippen LogP contribution in [0.3, 0.4) is 0 Å². The average molecular weight is 432 g/mol. The Bertz CT molecular complexity index is 1070. The number of aromatic amines is 1. The number of fused-ring (bicyclic) bond motifs is 1. The second kappa shape index (κ2) is 6.97. The van der Waals surface area contributed by atoms with Crippen molar-refractivity contribution in [2.24, 2.45) is 11.3 Å². The third-order valence-electron chi connectivity index (χ3n) is 6.55. The fourth-order valence-corrected chi connectivity index (χ4v) is 5.60. The Morgan fingerprint density at radius 3 is 2.79 bits per heavy atom. The largest absolute Gasteiger partial charge is 0.388 e. The number of H-pyrrole nitrogens is 1. The van der Waals surface area contributed by atoms with E-state index in [1.807, 2.05) is 17.0 Å². The van der Waals surface area contributed by atoms with Crippen molar-refractivity contribution in [2.75, 3.05) is 18.8 Å². The molecule has 4 N–H and O–H groups in total. The van der Waals surface area contributed by atoms with E-state index >= 15 is 0 Å². The maximum atomic E-state index is 12.6. The number of rotatable bonds is 4. The van der Waals surface area contributed by atoms with Crippen molar-refractivity contribution >= 4 is 44.9 Å². The minimum atomic E-state index is -0.602. The van der Waals surface area contributed by atoms with Gasteiger partial charge in [-0.3, -0.25) is 9.89 Å². The summed E-state index contributed by atoms with van der Waals surface area (Å²) in [6.07, 6.45) is 4.83. The van der Waals surface area contributed by atoms with Gasteiger partial charge in [-0.15, -0.1) is 11.3 Å². The molecular weight excluding hydrogens is 410 g/mol. The van der Waals surface area contributed by atoms with Crippen LogP contribution >= 0.6 is 22.9 Å². The Morgan fingerprint density at radius 2 is 2.14 bits per heavy atom. The molecule has 5 rings (SSSR count). The van der Waals surface area contributed by atoms with Crippen LogP contribution in [0.2, 0.25) is 5.02 Å². The summed E-state index contributed by atoms with van der Waals surface area (Å²) in [4.78, 5) is 18.6. The molecule has 1 aliphatic heterocycles. The van der Waals surface area contributed by atoms with Gasteiger partial charge in [-0.25, -0.2) is 4.98 Å². The fourth-order valence-electron chi connectivity index (χ4n) is 4.83. The van der Waals surface area contributed by atoms with E-state index in [4.69, 9.17) is 17.3 Å². The van der Waals surface area contributed by atoms with Crippen molar-refractivity contribution in [1.82, 2.24) is 20.1 Å². The quantitative estimate of drug-likeness (QED) is 0.584. The topological polar surface area (TPSA) is 108 Å². The number of nitrogens with zero attached hydrogens (tertiary/aromatic N) is 3. The Labute approximate surface area is 176 Å². The number of carbonyl (C=O) groups excluding carboxylic acids is 1. The lowest BCUT2D eigenvalue weighted by atomic mass is 9.75. The van der Waals surface area contributed by atoms with Gasteiger partial charge >= 0.3 is 0 Å². The van der Waals surface area contributed by atoms with E-state index in [-0.39, 0.29) is 11.3 Å². The molecule has 1 unspecified atom stereocenters. The maximum absolute atomic E-state index is 12.6. The lowest BCUT2D eigenvalue weighted by Crippen LogP contribution is -2.41. The molecule has 2 aromatic heterocycles. The van der Waals surface area contributed by atoms with E-state index in [1.54, 1.807) is 11.6 Å². The molecule has 2 aliphatic rings. The van der Waals surface area contributed by atoms with Gasteiger partial charge in [0.25, 0.3) is 5.91 Å². The Hall–Kier alpha value is -2.16. The van der Waals surface area contributed by atoms with Gasteiger partial charge in [0.05, 0.1) is 17.8 Å². The summed E-state index contributed by atoms with van der Waals surface area (Å²) in [6.45, 7) is 1.34. The van der Waals surface area contributed by atoms with Crippen molar-refractivity contribution in [3.8, 4) is 0 Å². The number of likely N-dealkylation sites (tertiary alicyclic amines) is 1. The number of amides is 1. The van der Waals surface area contributed by atoms with Crippen LogP contribution in [0.4, 0.5) is 5.13 Å². The first-order valence-corrected chi connectivity index (χ1v) is 11.0. The third kappa shape index (κ3) is 3.19. The molecule has 1 atom stereocenters. The predicted octanol–water partition coefficient (Wildman–Crippen LogP) is 3.62. The van der Waals surface area contributed by atoms with Crippen LogP contribution in [0.5, 0.6) is 0 Å². The van der Waals surface area contributed by atoms with Crippen LogP contribution in [0, 0.1) is 11.3 Å². The summed E-state index contributed by atoms with van der Waals surface area (Å²) in [7, 11) is 0. The second-order valence-corrected chi connectivity index (χ2v) is 9.43. The van der Waals surface area contributed by atoms with E-state index in [1.165, 1.54) is 11.3 Å². The Balaban J connectivity index is 1.33. The summed E-state index contributed by atoms with van der Waals surface area (Å²) < 4.78 is 0. The first-order chi connectivity index (χ1) is 14.0. The number of nitrogen functional groups attached to an aromatic ring is 1. The lowest BCUT2D eigenvalue weighted by molar-refractivity contribution is 0.0242. The highest BCUT2D eigenvalue weighted by Gasteiger charge is 2.55. The Kier molecular flexibility index (Phi) is 4.53. The molecule has 0 spiro atoms. The zero-order valence-electron chi connectivity index (χ0n) is 15.8. The number of aromatic nitrogens is 3. The Morgan fingerprint density at radius 1 is 1.38 bits per heavy atom. The first kappa shape index (κ1) is 18.8. The number of aliphatic hydroxyl groups excluding tert-OH is 1. The molecule has 3 aromatic rings. The van der Waals surface area contributed by atoms with Crippen LogP contribution in [0.25, 0.3) is 10.9 Å². The SMILES string of the molecule is Nc1nc(C(=O)N2CCC(C3(C(O)c4cc(Cl)cc5cn[nH]c45)CC3)CC2)cs1. The second-order valence-electron chi connectivity index (χ2n) is 8.10. The van der Waals surface area contributed by atoms with Crippen LogP contribution in [0.15, 0.2) is 23.7 Å². The number of halogens is 1. The van der Waals surface area contributed by atoms with Gasteiger partial charge in [-0.1, -0.05) is 11.6 Å². The zero-order chi connectivity index (χ0) is 20.2. The molecule has 152 valence electrons. The summed E-state index contributed by atoms with van der Waals surface area (Å²) in [5, 5.41) is 22.1. The minimum Gasteiger partial charge on any atom is -0.388 e. The number of piperidine rings is 1. The highest BCUT2D eigenvalue weighted by Crippen LogP contribution is 2.63. The molecule has 1 saturated carbocycles. The van der Waals surface area contributed by atoms with Gasteiger partial charge < -0.3 is 15.7 Å². The summed E-state index contributed by atoms with van der Waals surface area (Å²) in [6, 6.07) is 3.70. The molecule has 0 radical (unpaired) electrons. The van der Waals surface area contributed by atoms with Crippen molar-refractivity contribution in [1.29, 1.82) is 0 Å². The number of hydrogen-bond acceptors (Lipinski definition) is 6. The fraction of sp³-hybridized carbons (Fsp3) is 0.450. The number of nitrogens with one attached hydrogen (secondary N) is 1. The number of thiazole rings is 1. The summed E-state index contributed by atoms with van der Waals surface area (Å²) in [5.74, 6) is 0.301. The normalized spacial score (nSPS) is 20.1. The average Bonchev–Trinajstić information content (AvgIpc) is 3.20. The van der Waals surface area contributed by atoms with Crippen molar-refractivity contribution in [3.63, 3.8) is 0 Å². The molecule has 3 heterocycles. The van der Waals surface area contributed by atoms with Gasteiger partial charge in [0.2, 0.25) is 0 Å². The minimum absolute atomic E-state index is 0.0594. The smallest absolute Gasteiger partial charge is 0.273 e. The number of aliphatic hydroxyl groups is 1. The molecule has 1 amide bonds. The number of anilines is 1. The van der Waals surface area contributed by atoms with Gasteiger partial charge in [0.15, 0.2) is 5.13 Å². The molecule has 1 saturated heterocycles. The molecule has 2 fully saturated rings. The van der Waals surface area contributed by atoms with Gasteiger partial charge in [-0.05, 0) is 43.7 Å². The lowest BCUT2D eigenvalue weighted by Gasteiger charge is -2.38. The number of hydrogen-bond donors (Lipinski definition) is 3. The zero-order valence-corrected chi connectivity index (χ0v) is 17.3. The van der Waals surface area contributed by atoms with Crippen molar-refractivity contribution in [2.45, 2.75) is 31.8 Å². The van der Waals surface area contributed by atoms with Gasteiger partial charge in [-0.2, -0.15) is 5.10 Å². The van der Waals surface area contributed by atoms with Crippen LogP contribution in [0.1, 0.15) is 47.8 Å². The molecule has 9 heteroatoms. The summed E-state index contributed by atoms with van der Waals surface area (Å²) in [5.41, 5.74) is 7.60. The van der Waals surface area contributed by atoms with Crippen LogP contribution < -0.4 is 5.73 Å². The van der Waals surface area contributed by atoms with E-state index in [0.717, 1.165) is 42.1 Å². The standard InChI is InChI=1S/C20H22ClN5O2S/c21-13-7-11-9-23-25-16(11)14(8-13)17(27)20(3-4-20)12-1-5-26(6-2-12)18(28)15-10-29-19(22)24-15/h7-10,12,17,27H,1-6H2,(H2,22,24)(H,23,25). The van der Waals surface area contributed by atoms with E-state index in [0.29, 0.717) is 34.9 Å². The van der Waals surface area contributed by atoms with Crippen molar-refractivity contribution in [3.05, 3.63) is 40.0 Å². The summed E-state index contributed by atoms with van der Waals surface area (Å²) >= 11 is 7.57. The predicted molar refractivity (Wildman–Crippen MR) is 113 cm³/mol. The molecule has 0 bridgehead atoms. The molecule has 7 nitrogen and oxygen atoms in total. The first-order valence-electron chi connectivity index (χ1n) is 9.79. The molecule has 1 aliphatic carbocycles. The molecule has 1 aromatic carbocycles. The highest BCUT2D eigenvalue weighted by atomic mass is 35.5. The number of nitrogens with two attached hydrogens (primary N) is 1. The maximum Gasteiger partial charge on any atom is 0.273 e. The number of carbonyl (C=O) groups is 1. The van der Waals surface area contributed by atoms with E-state index in [2.05, 4.69) is 15.2 Å². The third-order valence-corrected chi connectivity index (χ3v) is 7.44. The number of benzene rings is 1. The van der Waals surface area contributed by atoms with E-state index < -0.39 is 6.10 Å². The molecule has 29 heavy (non-hydrogen) atoms. The highest BCUT2D eigenvalue weighted by molar-refractivity contribution is 7.13.